The van der Waals surface area contributed by atoms with Crippen molar-refractivity contribution in [1.29, 1.82) is 0 Å². The van der Waals surface area contributed by atoms with Crippen molar-refractivity contribution >= 4 is 17.9 Å². The highest BCUT2D eigenvalue weighted by atomic mass is 16.5. The molecule has 1 N–H and O–H groups in total. The van der Waals surface area contributed by atoms with Gasteiger partial charge in [0, 0.05) is 0 Å². The van der Waals surface area contributed by atoms with Crippen LogP contribution in [0.5, 0.6) is 0 Å². The molecule has 1 aromatic carbocycles. The summed E-state index contributed by atoms with van der Waals surface area (Å²) in [5, 5.41) is 7.99. The second kappa shape index (κ2) is 13.9. The number of carboxylic acid groups (broad SMARTS) is 1. The number of benzene rings is 1. The number of hydrogen-bond acceptors (Lipinski definition) is 5. The quantitative estimate of drug-likeness (QED) is 0.517. The lowest BCUT2D eigenvalue weighted by molar-refractivity contribution is -0.140. The van der Waals surface area contributed by atoms with Gasteiger partial charge in [-0.15, -0.1) is 0 Å². The van der Waals surface area contributed by atoms with Gasteiger partial charge in [0.2, 0.25) is 0 Å². The molecule has 0 bridgehead atoms. The lowest BCUT2D eigenvalue weighted by Gasteiger charge is -2.09. The zero-order valence-electron chi connectivity index (χ0n) is 16.1. The number of carbonyl (C=O) groups is 3. The van der Waals surface area contributed by atoms with Crippen LogP contribution in [0.2, 0.25) is 0 Å². The summed E-state index contributed by atoms with van der Waals surface area (Å²) in [7, 11) is 0. The minimum atomic E-state index is -0.741. The topological polar surface area (TPSA) is 89.9 Å². The largest absolute Gasteiger partial charge is 0.481 e. The number of aliphatic carboxylic acids is 1. The van der Waals surface area contributed by atoms with Crippen molar-refractivity contribution < 1.29 is 29.0 Å². The Kier molecular flexibility index (Phi) is 12.6. The van der Waals surface area contributed by atoms with Crippen molar-refractivity contribution in [2.45, 2.75) is 53.4 Å². The highest BCUT2D eigenvalue weighted by molar-refractivity contribution is 6.03. The first kappa shape index (κ1) is 23.6. The summed E-state index contributed by atoms with van der Waals surface area (Å²) in [6.45, 7) is 8.06. The Bertz CT molecular complexity index is 524. The van der Waals surface area contributed by atoms with Crippen LogP contribution in [-0.4, -0.2) is 36.2 Å². The zero-order chi connectivity index (χ0) is 19.9. The fourth-order valence-corrected chi connectivity index (χ4v) is 1.61. The van der Waals surface area contributed by atoms with Crippen LogP contribution >= 0.6 is 0 Å². The molecule has 0 aliphatic heterocycles. The van der Waals surface area contributed by atoms with E-state index in [0.29, 0.717) is 13.2 Å². The SMILES string of the molecule is CC(C)C(=O)O.CCCCOC(=O)c1ccccc1C(=O)OCCCC. The van der Waals surface area contributed by atoms with Crippen LogP contribution in [0.3, 0.4) is 0 Å². The maximum atomic E-state index is 11.9. The molecule has 0 aliphatic carbocycles. The number of unbranched alkanes of at least 4 members (excludes halogenated alkanes) is 2. The monoisotopic (exact) mass is 366 g/mol. The van der Waals surface area contributed by atoms with Crippen LogP contribution in [0.4, 0.5) is 0 Å². The molecular weight excluding hydrogens is 336 g/mol. The summed E-state index contributed by atoms with van der Waals surface area (Å²) in [4.78, 5) is 33.6. The summed E-state index contributed by atoms with van der Waals surface area (Å²) < 4.78 is 10.3. The molecule has 0 fully saturated rings. The Labute approximate surface area is 155 Å². The van der Waals surface area contributed by atoms with E-state index < -0.39 is 17.9 Å². The van der Waals surface area contributed by atoms with Crippen molar-refractivity contribution in [3.05, 3.63) is 35.4 Å². The smallest absolute Gasteiger partial charge is 0.339 e. The number of esters is 2. The van der Waals surface area contributed by atoms with Crippen molar-refractivity contribution in [2.75, 3.05) is 13.2 Å². The van der Waals surface area contributed by atoms with Gasteiger partial charge in [-0.05, 0) is 25.0 Å². The van der Waals surface area contributed by atoms with Crippen LogP contribution in [0.15, 0.2) is 24.3 Å². The van der Waals surface area contributed by atoms with Gasteiger partial charge in [-0.2, -0.15) is 0 Å². The van der Waals surface area contributed by atoms with E-state index in [1.807, 2.05) is 13.8 Å². The number of hydrogen-bond donors (Lipinski definition) is 1. The molecule has 0 spiro atoms. The van der Waals surface area contributed by atoms with Crippen molar-refractivity contribution in [3.8, 4) is 0 Å². The van der Waals surface area contributed by atoms with Gasteiger partial charge < -0.3 is 14.6 Å². The normalized spacial score (nSPS) is 9.88. The van der Waals surface area contributed by atoms with Crippen LogP contribution in [0.1, 0.15) is 74.1 Å². The summed E-state index contributed by atoms with van der Waals surface area (Å²) >= 11 is 0. The molecule has 6 heteroatoms. The van der Waals surface area contributed by atoms with Gasteiger partial charge >= 0.3 is 17.9 Å². The molecule has 0 unspecified atom stereocenters. The molecule has 0 saturated heterocycles. The molecule has 0 aliphatic rings. The maximum Gasteiger partial charge on any atom is 0.339 e. The molecule has 0 saturated carbocycles. The number of ether oxygens (including phenoxy) is 2. The summed E-state index contributed by atoms with van der Waals surface area (Å²) in [5.74, 6) is -1.91. The van der Waals surface area contributed by atoms with Crippen molar-refractivity contribution in [1.82, 2.24) is 0 Å². The lowest BCUT2D eigenvalue weighted by atomic mass is 10.1. The average Bonchev–Trinajstić information content (AvgIpc) is 2.62. The van der Waals surface area contributed by atoms with Crippen LogP contribution in [0.25, 0.3) is 0 Å². The predicted molar refractivity (Wildman–Crippen MR) is 99.3 cm³/mol. The first-order chi connectivity index (χ1) is 12.3. The molecule has 0 radical (unpaired) electrons. The van der Waals surface area contributed by atoms with Gasteiger partial charge in [-0.1, -0.05) is 52.7 Å². The first-order valence-electron chi connectivity index (χ1n) is 9.01. The second-order valence-corrected chi connectivity index (χ2v) is 6.02. The Balaban J connectivity index is 0.000000896. The van der Waals surface area contributed by atoms with Gasteiger partial charge in [0.1, 0.15) is 0 Å². The highest BCUT2D eigenvalue weighted by Crippen LogP contribution is 2.12. The van der Waals surface area contributed by atoms with E-state index >= 15 is 0 Å². The van der Waals surface area contributed by atoms with Crippen LogP contribution in [-0.2, 0) is 14.3 Å². The third-order valence-electron chi connectivity index (χ3n) is 3.32. The Morgan fingerprint density at radius 2 is 1.23 bits per heavy atom. The van der Waals surface area contributed by atoms with E-state index in [1.54, 1.807) is 38.1 Å². The van der Waals surface area contributed by atoms with Gasteiger partial charge in [-0.25, -0.2) is 9.59 Å². The van der Waals surface area contributed by atoms with E-state index in [0.717, 1.165) is 25.7 Å². The molecule has 6 nitrogen and oxygen atoms in total. The third kappa shape index (κ3) is 9.81. The molecule has 146 valence electrons. The Morgan fingerprint density at radius 1 is 0.885 bits per heavy atom. The van der Waals surface area contributed by atoms with Crippen LogP contribution < -0.4 is 0 Å². The second-order valence-electron chi connectivity index (χ2n) is 6.02. The molecular formula is C20H30O6. The minimum absolute atomic E-state index is 0.231. The molecule has 0 amide bonds. The Morgan fingerprint density at radius 3 is 1.50 bits per heavy atom. The van der Waals surface area contributed by atoms with E-state index in [4.69, 9.17) is 14.6 Å². The van der Waals surface area contributed by atoms with Crippen molar-refractivity contribution in [3.63, 3.8) is 0 Å². The van der Waals surface area contributed by atoms with Gasteiger partial charge in [0.25, 0.3) is 0 Å². The van der Waals surface area contributed by atoms with Gasteiger partial charge in [0.15, 0.2) is 0 Å². The van der Waals surface area contributed by atoms with Crippen molar-refractivity contribution in [2.24, 2.45) is 5.92 Å². The number of rotatable bonds is 9. The van der Waals surface area contributed by atoms with E-state index in [2.05, 4.69) is 0 Å². The van der Waals surface area contributed by atoms with E-state index in [1.165, 1.54) is 0 Å². The standard InChI is InChI=1S/C16H22O4.C4H8O2/c1-3-5-11-19-15(17)13-9-7-8-10-14(13)16(18)20-12-6-4-2;1-3(2)4(5)6/h7-10H,3-6,11-12H2,1-2H3;3H,1-2H3,(H,5,6). The first-order valence-corrected chi connectivity index (χ1v) is 9.01. The fourth-order valence-electron chi connectivity index (χ4n) is 1.61. The molecule has 1 rings (SSSR count). The van der Waals surface area contributed by atoms with E-state index in [9.17, 15) is 14.4 Å². The lowest BCUT2D eigenvalue weighted by Crippen LogP contribution is -2.14. The highest BCUT2D eigenvalue weighted by Gasteiger charge is 2.18. The predicted octanol–water partition coefficient (Wildman–Crippen LogP) is 4.33. The summed E-state index contributed by atoms with van der Waals surface area (Å²) in [5.41, 5.74) is 0.537. The van der Waals surface area contributed by atoms with E-state index in [-0.39, 0.29) is 17.0 Å². The fraction of sp³-hybridized carbons (Fsp3) is 0.550. The third-order valence-corrected chi connectivity index (χ3v) is 3.32. The molecule has 26 heavy (non-hydrogen) atoms. The Hall–Kier alpha value is -2.37. The van der Waals surface area contributed by atoms with Gasteiger partial charge in [-0.3, -0.25) is 4.79 Å². The van der Waals surface area contributed by atoms with Gasteiger partial charge in [0.05, 0.1) is 30.3 Å². The maximum absolute atomic E-state index is 11.9. The molecule has 1 aromatic rings. The van der Waals surface area contributed by atoms with Crippen LogP contribution in [0, 0.1) is 5.92 Å². The average molecular weight is 366 g/mol. The number of carboxylic acids is 1. The zero-order valence-corrected chi connectivity index (χ0v) is 16.1. The molecule has 0 atom stereocenters. The molecule has 0 heterocycles. The number of carbonyl (C=O) groups excluding carboxylic acids is 2. The summed E-state index contributed by atoms with van der Waals surface area (Å²) in [6.07, 6.45) is 3.53. The molecule has 0 aromatic heterocycles. The minimum Gasteiger partial charge on any atom is -0.481 e. The summed E-state index contributed by atoms with van der Waals surface area (Å²) in [6, 6.07) is 6.59.